The van der Waals surface area contributed by atoms with Crippen LogP contribution >= 0.6 is 11.6 Å². The molecule has 122 valence electrons. The molecule has 0 N–H and O–H groups in total. The van der Waals surface area contributed by atoms with Gasteiger partial charge in [0.15, 0.2) is 0 Å². The molecule has 24 heavy (non-hydrogen) atoms. The van der Waals surface area contributed by atoms with Crippen LogP contribution in [0.1, 0.15) is 24.3 Å². The van der Waals surface area contributed by atoms with Gasteiger partial charge in [0.1, 0.15) is 5.69 Å². The number of aromatic nitrogens is 1. The summed E-state index contributed by atoms with van der Waals surface area (Å²) < 4.78 is 0. The largest absolute Gasteiger partial charge is 0.338 e. The predicted molar refractivity (Wildman–Crippen MR) is 99.4 cm³/mol. The molecule has 1 aromatic heterocycles. The van der Waals surface area contributed by atoms with Gasteiger partial charge in [0.2, 0.25) is 0 Å². The second-order valence-corrected chi connectivity index (χ2v) is 5.94. The van der Waals surface area contributed by atoms with Crippen molar-refractivity contribution in [3.63, 3.8) is 0 Å². The second kappa shape index (κ2) is 7.02. The van der Waals surface area contributed by atoms with Gasteiger partial charge in [-0.3, -0.25) is 4.79 Å². The van der Waals surface area contributed by atoms with Gasteiger partial charge in [0.25, 0.3) is 5.91 Å². The van der Waals surface area contributed by atoms with E-state index in [1.165, 1.54) is 0 Å². The fraction of sp³-hybridized carbons (Fsp3) is 0.200. The van der Waals surface area contributed by atoms with Crippen molar-refractivity contribution in [3.05, 3.63) is 65.3 Å². The van der Waals surface area contributed by atoms with Crippen molar-refractivity contribution in [1.29, 1.82) is 0 Å². The van der Waals surface area contributed by atoms with Gasteiger partial charge in [-0.2, -0.15) is 0 Å². The minimum Gasteiger partial charge on any atom is -0.338 e. The van der Waals surface area contributed by atoms with E-state index in [-0.39, 0.29) is 5.91 Å². The fourth-order valence-corrected chi connectivity index (χ4v) is 3.06. The quantitative estimate of drug-likeness (QED) is 0.668. The molecule has 1 heterocycles. The molecule has 4 heteroatoms. The molecule has 0 aliphatic carbocycles. The van der Waals surface area contributed by atoms with Gasteiger partial charge in [0, 0.05) is 29.1 Å². The lowest BCUT2D eigenvalue weighted by Gasteiger charge is -2.19. The Morgan fingerprint density at radius 1 is 1.04 bits per heavy atom. The Morgan fingerprint density at radius 3 is 2.42 bits per heavy atom. The number of rotatable bonds is 4. The van der Waals surface area contributed by atoms with Crippen molar-refractivity contribution in [2.45, 2.75) is 13.8 Å². The van der Waals surface area contributed by atoms with Crippen molar-refractivity contribution in [2.24, 2.45) is 0 Å². The molecule has 0 bridgehead atoms. The second-order valence-electron chi connectivity index (χ2n) is 5.53. The third-order valence-electron chi connectivity index (χ3n) is 4.14. The molecular formula is C20H19ClN2O. The molecule has 0 atom stereocenters. The van der Waals surface area contributed by atoms with E-state index in [4.69, 9.17) is 11.6 Å². The van der Waals surface area contributed by atoms with E-state index in [2.05, 4.69) is 4.98 Å². The number of nitrogens with zero attached hydrogens (tertiary/aromatic N) is 2. The zero-order valence-corrected chi connectivity index (χ0v) is 14.5. The summed E-state index contributed by atoms with van der Waals surface area (Å²) >= 11 is 6.37. The Bertz CT molecular complexity index is 888. The van der Waals surface area contributed by atoms with E-state index in [9.17, 15) is 4.79 Å². The molecule has 0 aliphatic rings. The average molecular weight is 339 g/mol. The van der Waals surface area contributed by atoms with E-state index in [1.807, 2.05) is 68.4 Å². The maximum absolute atomic E-state index is 12.7. The molecule has 0 aliphatic heterocycles. The van der Waals surface area contributed by atoms with E-state index in [0.717, 1.165) is 22.0 Å². The Hall–Kier alpha value is -2.39. The first-order chi connectivity index (χ1) is 11.7. The van der Waals surface area contributed by atoms with Crippen LogP contribution in [0.5, 0.6) is 0 Å². The molecule has 1 amide bonds. The smallest absolute Gasteiger partial charge is 0.272 e. The van der Waals surface area contributed by atoms with Crippen LogP contribution in [0.2, 0.25) is 5.02 Å². The van der Waals surface area contributed by atoms with Gasteiger partial charge >= 0.3 is 0 Å². The molecular weight excluding hydrogens is 320 g/mol. The van der Waals surface area contributed by atoms with Gasteiger partial charge < -0.3 is 4.90 Å². The van der Waals surface area contributed by atoms with Crippen LogP contribution in [-0.2, 0) is 0 Å². The number of amides is 1. The first-order valence-corrected chi connectivity index (χ1v) is 8.47. The van der Waals surface area contributed by atoms with Crippen molar-refractivity contribution in [3.8, 4) is 11.3 Å². The Balaban J connectivity index is 2.25. The van der Waals surface area contributed by atoms with Crippen LogP contribution in [0.25, 0.3) is 22.0 Å². The lowest BCUT2D eigenvalue weighted by atomic mass is 10.0. The Labute approximate surface area is 146 Å². The number of benzene rings is 2. The van der Waals surface area contributed by atoms with Crippen LogP contribution in [0.4, 0.5) is 0 Å². The Kier molecular flexibility index (Phi) is 4.81. The number of fused-ring (bicyclic) bond motifs is 1. The monoisotopic (exact) mass is 338 g/mol. The van der Waals surface area contributed by atoms with Crippen molar-refractivity contribution in [2.75, 3.05) is 13.1 Å². The van der Waals surface area contributed by atoms with Crippen LogP contribution < -0.4 is 0 Å². The third-order valence-corrected chi connectivity index (χ3v) is 4.47. The standard InChI is InChI=1S/C20H19ClN2O/c1-3-23(4-2)20(24)18-13-14-9-5-6-10-15(14)19(22-18)16-11-7-8-12-17(16)21/h5-13H,3-4H2,1-2H3. The van der Waals surface area contributed by atoms with Crippen LogP contribution in [0.3, 0.4) is 0 Å². The van der Waals surface area contributed by atoms with Gasteiger partial charge in [-0.25, -0.2) is 4.98 Å². The average Bonchev–Trinajstić information content (AvgIpc) is 2.62. The van der Waals surface area contributed by atoms with Crippen molar-refractivity contribution < 1.29 is 4.79 Å². The highest BCUT2D eigenvalue weighted by atomic mass is 35.5. The van der Waals surface area contributed by atoms with Gasteiger partial charge in [-0.15, -0.1) is 0 Å². The maximum Gasteiger partial charge on any atom is 0.272 e. The molecule has 0 saturated carbocycles. The number of hydrogen-bond acceptors (Lipinski definition) is 2. The normalized spacial score (nSPS) is 10.8. The lowest BCUT2D eigenvalue weighted by molar-refractivity contribution is 0.0767. The minimum atomic E-state index is -0.0564. The summed E-state index contributed by atoms with van der Waals surface area (Å²) in [7, 11) is 0. The molecule has 0 saturated heterocycles. The molecule has 3 aromatic rings. The number of carbonyl (C=O) groups is 1. The van der Waals surface area contributed by atoms with Crippen LogP contribution in [0, 0.1) is 0 Å². The number of pyridine rings is 1. The van der Waals surface area contributed by atoms with Gasteiger partial charge in [-0.1, -0.05) is 54.1 Å². The number of halogens is 1. The molecule has 3 rings (SSSR count). The topological polar surface area (TPSA) is 33.2 Å². The molecule has 0 unspecified atom stereocenters. The maximum atomic E-state index is 12.7. The summed E-state index contributed by atoms with van der Waals surface area (Å²) in [6.45, 7) is 5.26. The fourth-order valence-electron chi connectivity index (χ4n) is 2.84. The van der Waals surface area contributed by atoms with Crippen molar-refractivity contribution >= 4 is 28.3 Å². The Morgan fingerprint density at radius 2 is 1.71 bits per heavy atom. The number of hydrogen-bond donors (Lipinski definition) is 0. The summed E-state index contributed by atoms with van der Waals surface area (Å²) in [6.07, 6.45) is 0. The highest BCUT2D eigenvalue weighted by molar-refractivity contribution is 6.33. The summed E-state index contributed by atoms with van der Waals surface area (Å²) in [5.74, 6) is -0.0564. The number of carbonyl (C=O) groups excluding carboxylic acids is 1. The molecule has 3 nitrogen and oxygen atoms in total. The summed E-state index contributed by atoms with van der Waals surface area (Å²) in [6, 6.07) is 17.4. The van der Waals surface area contributed by atoms with E-state index >= 15 is 0 Å². The third kappa shape index (κ3) is 3.00. The molecule has 0 spiro atoms. The van der Waals surface area contributed by atoms with E-state index in [1.54, 1.807) is 4.90 Å². The van der Waals surface area contributed by atoms with Gasteiger partial charge in [-0.05, 0) is 31.4 Å². The zero-order chi connectivity index (χ0) is 17.1. The molecule has 0 radical (unpaired) electrons. The minimum absolute atomic E-state index is 0.0564. The van der Waals surface area contributed by atoms with Crippen LogP contribution in [0.15, 0.2) is 54.6 Å². The first-order valence-electron chi connectivity index (χ1n) is 8.09. The lowest BCUT2D eigenvalue weighted by Crippen LogP contribution is -2.31. The van der Waals surface area contributed by atoms with Crippen LogP contribution in [-0.4, -0.2) is 28.9 Å². The summed E-state index contributed by atoms with van der Waals surface area (Å²) in [5.41, 5.74) is 2.03. The van der Waals surface area contributed by atoms with Crippen molar-refractivity contribution in [1.82, 2.24) is 9.88 Å². The van der Waals surface area contributed by atoms with E-state index in [0.29, 0.717) is 23.8 Å². The zero-order valence-electron chi connectivity index (χ0n) is 13.8. The van der Waals surface area contributed by atoms with Gasteiger partial charge in [0.05, 0.1) is 5.69 Å². The molecule has 2 aromatic carbocycles. The highest BCUT2D eigenvalue weighted by Gasteiger charge is 2.18. The first kappa shape index (κ1) is 16.5. The van der Waals surface area contributed by atoms with E-state index < -0.39 is 0 Å². The summed E-state index contributed by atoms with van der Waals surface area (Å²) in [5, 5.41) is 2.60. The highest BCUT2D eigenvalue weighted by Crippen LogP contribution is 2.32. The SMILES string of the molecule is CCN(CC)C(=O)c1cc2ccccc2c(-c2ccccc2Cl)n1. The predicted octanol–water partition coefficient (Wildman–Crippen LogP) is 5.04. The molecule has 0 fully saturated rings. The summed E-state index contributed by atoms with van der Waals surface area (Å²) in [4.78, 5) is 19.2.